The van der Waals surface area contributed by atoms with E-state index in [0.29, 0.717) is 105 Å². The summed E-state index contributed by atoms with van der Waals surface area (Å²) in [6.45, 7) is 33.1. The number of fused-ring (bicyclic) bond motifs is 4. The van der Waals surface area contributed by atoms with Gasteiger partial charge in [0.05, 0.1) is 73.1 Å². The molecule has 15 atom stereocenters. The van der Waals surface area contributed by atoms with Crippen molar-refractivity contribution >= 4 is 127 Å². The quantitative estimate of drug-likeness (QED) is 0.0114. The molecule has 4 aliphatic heterocycles. The van der Waals surface area contributed by atoms with Gasteiger partial charge in [0.15, 0.2) is 5.78 Å². The summed E-state index contributed by atoms with van der Waals surface area (Å²) in [6.07, 6.45) is -1.42. The lowest BCUT2D eigenvalue weighted by Gasteiger charge is -2.31. The fourth-order valence-electron chi connectivity index (χ4n) is 19.1. The van der Waals surface area contributed by atoms with Crippen molar-refractivity contribution in [2.24, 2.45) is 17.4 Å². The van der Waals surface area contributed by atoms with E-state index >= 15 is 8.78 Å². The Kier molecular flexibility index (Phi) is 37.7. The number of halogens is 4. The third kappa shape index (κ3) is 28.6. The zero-order valence-corrected chi connectivity index (χ0v) is 87.5. The molecule has 145 heavy (non-hydrogen) atoms. The molecular formula is C105H143F4N15O21. The van der Waals surface area contributed by atoms with Gasteiger partial charge in [0.1, 0.15) is 76.6 Å². The third-order valence-electron chi connectivity index (χ3n) is 26.7. The number of imide groups is 1. The number of ketones is 1. The first-order chi connectivity index (χ1) is 67.8. The van der Waals surface area contributed by atoms with Gasteiger partial charge in [0, 0.05) is 155 Å². The molecule has 1 unspecified atom stereocenters. The maximum absolute atomic E-state index is 15.2. The molecule has 0 radical (unpaired) electrons. The van der Waals surface area contributed by atoms with Crippen molar-refractivity contribution in [3.05, 3.63) is 118 Å². The number of hydrogen-bond donors (Lipinski definition) is 8. The summed E-state index contributed by atoms with van der Waals surface area (Å²) < 4.78 is 98.3. The highest BCUT2D eigenvalue weighted by Gasteiger charge is 2.47. The van der Waals surface area contributed by atoms with E-state index in [1.165, 1.54) is 109 Å². The Labute approximate surface area is 842 Å². The number of aromatic amines is 4. The minimum atomic E-state index is -1.06. The van der Waals surface area contributed by atoms with Crippen LogP contribution in [-0.4, -0.2) is 294 Å². The average molecular weight is 2030 g/mol. The van der Waals surface area contributed by atoms with Gasteiger partial charge in [0.25, 0.3) is 0 Å². The van der Waals surface area contributed by atoms with Crippen molar-refractivity contribution in [3.8, 4) is 22.8 Å². The first kappa shape index (κ1) is 114. The highest BCUT2D eigenvalue weighted by molar-refractivity contribution is 6.00. The molecule has 8 heterocycles. The van der Waals surface area contributed by atoms with Gasteiger partial charge < -0.3 is 99.7 Å². The van der Waals surface area contributed by atoms with Crippen molar-refractivity contribution in [2.45, 2.75) is 324 Å². The molecule has 40 heteroatoms. The van der Waals surface area contributed by atoms with Gasteiger partial charge in [-0.3, -0.25) is 57.6 Å². The van der Waals surface area contributed by atoms with Gasteiger partial charge in [-0.15, -0.1) is 0 Å². The van der Waals surface area contributed by atoms with E-state index in [2.05, 4.69) is 30.6 Å². The summed E-state index contributed by atoms with van der Waals surface area (Å²) in [5.41, 5.74) is 17.0. The number of aromatic nitrogens is 4. The summed E-state index contributed by atoms with van der Waals surface area (Å²) in [5, 5.41) is 8.22. The summed E-state index contributed by atoms with van der Waals surface area (Å²) in [5.74, 6) is -7.37. The zero-order chi connectivity index (χ0) is 108. The minimum Gasteiger partial charge on any atom is -0.461 e. The van der Waals surface area contributed by atoms with E-state index in [1.54, 1.807) is 141 Å². The fraction of sp³-hybridized carbons (Fsp3) is 0.562. The number of carbonyl (C=O) groups is 14. The van der Waals surface area contributed by atoms with Crippen molar-refractivity contribution in [3.63, 3.8) is 0 Å². The van der Waals surface area contributed by atoms with Crippen LogP contribution in [-0.2, 0) is 112 Å². The molecular weight excluding hydrogens is 1880 g/mol. The van der Waals surface area contributed by atoms with Crippen LogP contribution in [0.15, 0.2) is 72.8 Å². The van der Waals surface area contributed by atoms with Crippen LogP contribution in [0.1, 0.15) is 219 Å². The van der Waals surface area contributed by atoms with Crippen molar-refractivity contribution in [2.75, 3.05) is 54.4 Å². The Morgan fingerprint density at radius 1 is 0.414 bits per heavy atom. The number of nitrogens with two attached hydrogens (primary N) is 2. The van der Waals surface area contributed by atoms with E-state index in [4.69, 9.17) is 44.6 Å². The summed E-state index contributed by atoms with van der Waals surface area (Å²) in [6, 6.07) is 10.4. The van der Waals surface area contributed by atoms with Crippen LogP contribution < -0.4 is 22.1 Å². The lowest BCUT2D eigenvalue weighted by Crippen LogP contribution is -2.55. The second-order valence-corrected chi connectivity index (χ2v) is 41.1. The highest BCUT2D eigenvalue weighted by Crippen LogP contribution is 2.44. The van der Waals surface area contributed by atoms with Crippen LogP contribution >= 0.6 is 0 Å². The molecule has 0 saturated carbocycles. The Hall–Kier alpha value is -13.0. The van der Waals surface area contributed by atoms with Crippen LogP contribution in [0.5, 0.6) is 0 Å². The number of benzene rings is 4. The summed E-state index contributed by atoms with van der Waals surface area (Å²) >= 11 is 0. The largest absolute Gasteiger partial charge is 0.461 e. The molecule has 12 rings (SSSR count). The average Bonchev–Trinajstić information content (AvgIpc) is 1.59. The van der Waals surface area contributed by atoms with E-state index in [1.807, 2.05) is 13.8 Å². The number of ether oxygens (including phenoxy) is 7. The topological polar surface area (TPSA) is 466 Å². The third-order valence-corrected chi connectivity index (χ3v) is 26.7. The molecule has 4 aromatic carbocycles. The standard InChI is InChI=1S/C57H77F2N7O12.C38H46F2N6O6.C10H20N2O3/c1-15-34(21-48(69)30(3)63(13)54(73)77-56(7,8)9)52(71)65-28-39(75-32(5)67)24-37(65)26-43-41-19-17-35(58)22-46(41)60-49(43)50-44(42-20-18-36(59)23-47(42)61-50)27-38-25-40(76-33(6)68)29-66(38)53(72)45(16-2)62-51(70)31(4)64(14)55(74)78-57(10,11)12;1-5-31(41)37(49)45-17-25(51-19(3)47)13-23(45)15-29-27-9-7-21(39)11-33(27)43-35(29)36-30(28-10-8-22(40)12-34(28)44-36)16-24-14-26(52-20(4)48)18-46(24)38(50)32(42)6-2;1-7(11-5)8(13)12(6)9(14)15-10(2,3)4/h17-20,22-23,30-31,34,37-40,45,60-61H,15-16,21,24-29H2,1-14H3,(H,62,70);7-12,23-26,31-32,43-44H,5-6,13-18,41-42H2,1-4H3;7,11H,1-6H3/t30-,31-,34+,37-,38-,39-,40-,45-;23-,24-,25-,26-,31-,32-;/m00./s1. The molecule has 0 spiro atoms. The Morgan fingerprint density at radius 3 is 0.966 bits per heavy atom. The molecule has 4 fully saturated rings. The number of H-pyrrole nitrogens is 4. The number of Topliss-reactive ketones (excluding diaryl/α,β-unsaturated/α-hetero) is 1. The molecule has 0 aliphatic carbocycles. The first-order valence-corrected chi connectivity index (χ1v) is 49.4. The SMILES string of the molecule is CC[C@H](CC(=O)[C@H](C)N(C)C(=O)OC(C)(C)C)C(=O)N1C[C@@H](OC(C)=O)C[C@H]1Cc1c(-c2[nH]c3cc(F)ccc3c2C[C@@H]2C[C@H](OC(C)=O)CN2C(=O)[C@H](CC)NC(=O)[C@H](C)N(C)C(=O)OC(C)(C)C)[nH]c2cc(F)ccc12.CC[C@H](N)C(=O)N1C[C@@H](OC(C)=O)C[C@H]1Cc1c(-c2[nH]c3cc(F)ccc3c2C[C@@H]2C[C@H](OC(C)=O)CN2C(=O)[C@@H](N)CC)[nH]c2cc(F)ccc12.CNC(C)C(=O)N(C)C(=O)OC(C)(C)C. The predicted octanol–water partition coefficient (Wildman–Crippen LogP) is 13.3. The Morgan fingerprint density at radius 2 is 0.697 bits per heavy atom. The van der Waals surface area contributed by atoms with Crippen molar-refractivity contribution in [1.82, 2.24) is 64.9 Å². The molecule has 4 aliphatic rings. The second-order valence-electron chi connectivity index (χ2n) is 41.1. The van der Waals surface area contributed by atoms with Crippen molar-refractivity contribution < 1.29 is 118 Å². The molecule has 792 valence electrons. The van der Waals surface area contributed by atoms with Crippen LogP contribution in [0.3, 0.4) is 0 Å². The van der Waals surface area contributed by atoms with E-state index in [-0.39, 0.29) is 101 Å². The maximum Gasteiger partial charge on any atom is 0.416 e. The minimum absolute atomic E-state index is 0.00913. The number of likely N-dealkylation sites (tertiary alicyclic amines) is 4. The van der Waals surface area contributed by atoms with Gasteiger partial charge in [-0.05, 0) is 237 Å². The smallest absolute Gasteiger partial charge is 0.416 e. The summed E-state index contributed by atoms with van der Waals surface area (Å²) in [4.78, 5) is 205. The molecule has 4 aromatic heterocycles. The number of rotatable bonds is 31. The summed E-state index contributed by atoms with van der Waals surface area (Å²) in [7, 11) is 5.95. The number of nitrogens with zero attached hydrogens (tertiary/aromatic N) is 7. The lowest BCUT2D eigenvalue weighted by atomic mass is 9.93. The van der Waals surface area contributed by atoms with E-state index in [9.17, 15) is 75.9 Å². The number of nitrogens with one attached hydrogen (secondary N) is 6. The van der Waals surface area contributed by atoms with Crippen molar-refractivity contribution in [1.29, 1.82) is 0 Å². The Bertz CT molecular complexity index is 5770. The lowest BCUT2D eigenvalue weighted by molar-refractivity contribution is -0.147. The van der Waals surface area contributed by atoms with Crippen LogP contribution in [0.25, 0.3) is 66.4 Å². The van der Waals surface area contributed by atoms with Gasteiger partial charge in [0.2, 0.25) is 35.4 Å². The highest BCUT2D eigenvalue weighted by atomic mass is 19.1. The van der Waals surface area contributed by atoms with Gasteiger partial charge in [-0.25, -0.2) is 36.8 Å². The molecule has 36 nitrogen and oxygen atoms in total. The fourth-order valence-corrected chi connectivity index (χ4v) is 19.1. The van der Waals surface area contributed by atoms with Gasteiger partial charge in [-0.1, -0.05) is 27.7 Å². The second kappa shape index (κ2) is 47.9. The Balaban J connectivity index is 0.000000274. The normalized spacial score (nSPS) is 19.4. The molecule has 9 amide bonds. The number of likely N-dealkylation sites (N-methyl/N-ethyl adjacent to an activating group) is 4. The molecule has 4 saturated heterocycles. The van der Waals surface area contributed by atoms with Gasteiger partial charge in [-0.2, -0.15) is 0 Å². The van der Waals surface area contributed by atoms with Gasteiger partial charge >= 0.3 is 42.2 Å². The number of carbonyl (C=O) groups excluding carboxylic acids is 14. The predicted molar refractivity (Wildman–Crippen MR) is 535 cm³/mol. The number of amides is 9. The first-order valence-electron chi connectivity index (χ1n) is 49.4. The molecule has 8 aromatic rings. The van der Waals surface area contributed by atoms with Crippen LogP contribution in [0, 0.1) is 29.2 Å². The van der Waals surface area contributed by atoms with E-state index in [0.717, 1.165) is 31.7 Å². The maximum atomic E-state index is 15.2. The van der Waals surface area contributed by atoms with Crippen LogP contribution in [0.4, 0.5) is 31.9 Å². The zero-order valence-electron chi connectivity index (χ0n) is 87.5. The number of esters is 4. The molecule has 10 N–H and O–H groups in total. The van der Waals surface area contributed by atoms with E-state index < -0.39 is 185 Å². The number of hydrogen-bond acceptors (Lipinski definition) is 24. The monoisotopic (exact) mass is 2030 g/mol. The van der Waals surface area contributed by atoms with Crippen LogP contribution in [0.2, 0.25) is 0 Å². The molecule has 0 bridgehead atoms.